The van der Waals surface area contributed by atoms with Crippen LogP contribution in [0.2, 0.25) is 0 Å². The zero-order valence-electron chi connectivity index (χ0n) is 17.1. The van der Waals surface area contributed by atoms with Gasteiger partial charge in [0.1, 0.15) is 6.17 Å². The molecule has 5 rings (SSSR count). The average Bonchev–Trinajstić information content (AvgIpc) is 3.14. The van der Waals surface area contributed by atoms with Gasteiger partial charge in [0.15, 0.2) is 0 Å². The molecule has 0 spiro atoms. The Hall–Kier alpha value is -2.73. The predicted molar refractivity (Wildman–Crippen MR) is 113 cm³/mol. The summed E-state index contributed by atoms with van der Waals surface area (Å²) in [5, 5.41) is 0. The lowest BCUT2D eigenvalue weighted by atomic mass is 9.90. The summed E-state index contributed by atoms with van der Waals surface area (Å²) in [5.74, 6) is 0.00700. The minimum absolute atomic E-state index is 0.0107. The summed E-state index contributed by atoms with van der Waals surface area (Å²) in [5.41, 5.74) is 13.2. The number of hydrogen-bond donors (Lipinski definition) is 1. The quantitative estimate of drug-likeness (QED) is 0.850. The standard InChI is InChI=1S/C24H26FN3O2/c1-27-11-18-9-14(2-3-16(18)10-22(27)29)15-4-6-20-17(8-15)5-7-21(20)23(26)24(30)28-12-19(25)13-28/h2-4,6,8-9,19,21,23H,5,7,10-13,26H2,1H3/t21-,23-/m0/s1. The maximum atomic E-state index is 13.1. The van der Waals surface area contributed by atoms with E-state index in [9.17, 15) is 14.0 Å². The zero-order valence-corrected chi connectivity index (χ0v) is 17.1. The summed E-state index contributed by atoms with van der Waals surface area (Å²) in [4.78, 5) is 27.8. The molecule has 2 aromatic rings. The molecule has 0 radical (unpaired) electrons. The fourth-order valence-electron chi connectivity index (χ4n) is 4.96. The van der Waals surface area contributed by atoms with Crippen LogP contribution < -0.4 is 5.73 Å². The van der Waals surface area contributed by atoms with E-state index in [0.717, 1.165) is 35.1 Å². The number of benzene rings is 2. The van der Waals surface area contributed by atoms with Gasteiger partial charge in [0.05, 0.1) is 25.6 Å². The van der Waals surface area contributed by atoms with Crippen LogP contribution in [0.3, 0.4) is 0 Å². The molecule has 2 aliphatic heterocycles. The van der Waals surface area contributed by atoms with Gasteiger partial charge < -0.3 is 15.5 Å². The Morgan fingerprint density at radius 2 is 1.80 bits per heavy atom. The number of nitrogens with zero attached hydrogens (tertiary/aromatic N) is 2. The molecule has 2 atom stereocenters. The summed E-state index contributed by atoms with van der Waals surface area (Å²) in [6.45, 7) is 0.983. The number of halogens is 1. The van der Waals surface area contributed by atoms with Crippen LogP contribution >= 0.6 is 0 Å². The zero-order chi connectivity index (χ0) is 21.0. The summed E-state index contributed by atoms with van der Waals surface area (Å²) in [6, 6.07) is 12.1. The highest BCUT2D eigenvalue weighted by atomic mass is 19.1. The van der Waals surface area contributed by atoms with Gasteiger partial charge in [-0.15, -0.1) is 0 Å². The van der Waals surface area contributed by atoms with Crippen molar-refractivity contribution in [2.45, 2.75) is 43.9 Å². The lowest BCUT2D eigenvalue weighted by Gasteiger charge is -2.37. The molecule has 5 nitrogen and oxygen atoms in total. The van der Waals surface area contributed by atoms with Crippen molar-refractivity contribution in [2.24, 2.45) is 5.73 Å². The topological polar surface area (TPSA) is 66.6 Å². The molecule has 156 valence electrons. The second-order valence-corrected chi connectivity index (χ2v) is 8.84. The number of carbonyl (C=O) groups excluding carboxylic acids is 2. The Bertz CT molecular complexity index is 1030. The molecule has 0 bridgehead atoms. The number of alkyl halides is 1. The monoisotopic (exact) mass is 407 g/mol. The van der Waals surface area contributed by atoms with Crippen LogP contribution in [-0.4, -0.2) is 54.0 Å². The van der Waals surface area contributed by atoms with Crippen LogP contribution in [0.15, 0.2) is 36.4 Å². The van der Waals surface area contributed by atoms with Crippen LogP contribution in [0.4, 0.5) is 4.39 Å². The van der Waals surface area contributed by atoms with Crippen molar-refractivity contribution >= 4 is 11.8 Å². The molecule has 1 saturated heterocycles. The number of nitrogens with two attached hydrogens (primary N) is 1. The predicted octanol–water partition coefficient (Wildman–Crippen LogP) is 2.41. The number of carbonyl (C=O) groups is 2. The molecule has 30 heavy (non-hydrogen) atoms. The summed E-state index contributed by atoms with van der Waals surface area (Å²) < 4.78 is 13.1. The van der Waals surface area contributed by atoms with Gasteiger partial charge in [-0.3, -0.25) is 9.59 Å². The lowest BCUT2D eigenvalue weighted by molar-refractivity contribution is -0.140. The van der Waals surface area contributed by atoms with Crippen molar-refractivity contribution in [1.29, 1.82) is 0 Å². The molecule has 2 aromatic carbocycles. The van der Waals surface area contributed by atoms with Crippen molar-refractivity contribution < 1.29 is 14.0 Å². The second kappa shape index (κ2) is 7.20. The van der Waals surface area contributed by atoms with E-state index in [-0.39, 0.29) is 30.8 Å². The first kappa shape index (κ1) is 19.2. The van der Waals surface area contributed by atoms with E-state index in [1.807, 2.05) is 7.05 Å². The molecule has 1 aliphatic carbocycles. The number of fused-ring (bicyclic) bond motifs is 2. The summed E-state index contributed by atoms with van der Waals surface area (Å²) >= 11 is 0. The molecule has 1 fully saturated rings. The largest absolute Gasteiger partial charge is 0.341 e. The Morgan fingerprint density at radius 3 is 2.53 bits per heavy atom. The Kier molecular flexibility index (Phi) is 4.62. The maximum absolute atomic E-state index is 13.1. The fourth-order valence-corrected chi connectivity index (χ4v) is 4.96. The van der Waals surface area contributed by atoms with Gasteiger partial charge >= 0.3 is 0 Å². The molecule has 6 heteroatoms. The minimum Gasteiger partial charge on any atom is -0.341 e. The third-order valence-electron chi connectivity index (χ3n) is 6.85. The van der Waals surface area contributed by atoms with Gasteiger partial charge in [-0.2, -0.15) is 0 Å². The first-order valence-electron chi connectivity index (χ1n) is 10.6. The number of amides is 2. The molecular formula is C24H26FN3O2. The van der Waals surface area contributed by atoms with Crippen LogP contribution in [0.5, 0.6) is 0 Å². The highest BCUT2D eigenvalue weighted by molar-refractivity contribution is 5.84. The lowest BCUT2D eigenvalue weighted by Crippen LogP contribution is -2.57. The third-order valence-corrected chi connectivity index (χ3v) is 6.85. The van der Waals surface area contributed by atoms with Crippen molar-refractivity contribution in [3.8, 4) is 11.1 Å². The van der Waals surface area contributed by atoms with Gasteiger partial charge in [-0.05, 0) is 52.3 Å². The van der Waals surface area contributed by atoms with Crippen molar-refractivity contribution in [3.05, 3.63) is 58.7 Å². The molecule has 0 aromatic heterocycles. The highest BCUT2D eigenvalue weighted by Crippen LogP contribution is 2.38. The van der Waals surface area contributed by atoms with E-state index in [2.05, 4.69) is 36.4 Å². The second-order valence-electron chi connectivity index (χ2n) is 8.84. The van der Waals surface area contributed by atoms with E-state index in [1.165, 1.54) is 16.0 Å². The van der Waals surface area contributed by atoms with E-state index >= 15 is 0 Å². The molecule has 2 N–H and O–H groups in total. The van der Waals surface area contributed by atoms with Gasteiger partial charge in [0.25, 0.3) is 0 Å². The number of hydrogen-bond acceptors (Lipinski definition) is 3. The number of likely N-dealkylation sites (tertiary alicyclic amines) is 1. The van der Waals surface area contributed by atoms with E-state index in [0.29, 0.717) is 13.0 Å². The summed E-state index contributed by atoms with van der Waals surface area (Å²) in [7, 11) is 1.84. The molecule has 2 heterocycles. The molecule has 0 unspecified atom stereocenters. The van der Waals surface area contributed by atoms with Crippen LogP contribution in [0, 0.1) is 0 Å². The van der Waals surface area contributed by atoms with Gasteiger partial charge in [-0.25, -0.2) is 4.39 Å². The SMILES string of the molecule is CN1Cc2cc(-c3ccc4c(c3)CC[C@@H]4[C@H](N)C(=O)N3CC(F)C3)ccc2CC1=O. The smallest absolute Gasteiger partial charge is 0.240 e. The maximum Gasteiger partial charge on any atom is 0.240 e. The van der Waals surface area contributed by atoms with E-state index in [4.69, 9.17) is 5.73 Å². The number of aryl methyl sites for hydroxylation is 1. The average molecular weight is 407 g/mol. The van der Waals surface area contributed by atoms with Gasteiger partial charge in [0, 0.05) is 19.5 Å². The fraction of sp³-hybridized carbons (Fsp3) is 0.417. The van der Waals surface area contributed by atoms with E-state index < -0.39 is 12.2 Å². The normalized spacial score (nSPS) is 21.8. The third kappa shape index (κ3) is 3.19. The van der Waals surface area contributed by atoms with Crippen LogP contribution in [0.25, 0.3) is 11.1 Å². The van der Waals surface area contributed by atoms with E-state index in [1.54, 1.807) is 4.90 Å². The number of rotatable bonds is 3. The minimum atomic E-state index is -0.908. The Labute approximate surface area is 175 Å². The number of likely N-dealkylation sites (N-methyl/N-ethyl adjacent to an activating group) is 1. The Morgan fingerprint density at radius 1 is 1.10 bits per heavy atom. The Balaban J connectivity index is 1.37. The first-order valence-corrected chi connectivity index (χ1v) is 10.6. The van der Waals surface area contributed by atoms with Crippen LogP contribution in [0.1, 0.15) is 34.6 Å². The molecular weight excluding hydrogens is 381 g/mol. The van der Waals surface area contributed by atoms with Crippen molar-refractivity contribution in [2.75, 3.05) is 20.1 Å². The molecule has 0 saturated carbocycles. The van der Waals surface area contributed by atoms with Crippen molar-refractivity contribution in [3.63, 3.8) is 0 Å². The summed E-state index contributed by atoms with van der Waals surface area (Å²) in [6.07, 6.45) is 1.29. The molecule has 3 aliphatic rings. The first-order chi connectivity index (χ1) is 14.4. The highest BCUT2D eigenvalue weighted by Gasteiger charge is 2.38. The van der Waals surface area contributed by atoms with Crippen molar-refractivity contribution in [1.82, 2.24) is 9.80 Å². The van der Waals surface area contributed by atoms with Crippen LogP contribution in [-0.2, 0) is 29.0 Å². The molecule has 2 amide bonds. The van der Waals surface area contributed by atoms with Gasteiger partial charge in [-0.1, -0.05) is 30.3 Å². The van der Waals surface area contributed by atoms with Gasteiger partial charge in [0.2, 0.25) is 11.8 Å².